The first-order chi connectivity index (χ1) is 34.1. The van der Waals surface area contributed by atoms with E-state index in [2.05, 4.69) is 111 Å². The lowest BCUT2D eigenvalue weighted by atomic mass is 10.0. The summed E-state index contributed by atoms with van der Waals surface area (Å²) in [6.45, 7) is 4.58. The van der Waals surface area contributed by atoms with Crippen LogP contribution in [0.15, 0.2) is 97.2 Å². The number of unbranched alkanes of at least 4 members (excludes halogenated alkanes) is 19. The number of allylic oxidation sites excluding steroid dienone is 16. The molecule has 0 saturated carbocycles. The fourth-order valence-corrected chi connectivity index (χ4v) is 7.27. The van der Waals surface area contributed by atoms with E-state index in [-0.39, 0.29) is 38.6 Å². The zero-order valence-corrected chi connectivity index (χ0v) is 45.4. The number of carboxylic acids is 1. The second-order valence-electron chi connectivity index (χ2n) is 19.5. The van der Waals surface area contributed by atoms with E-state index in [1.165, 1.54) is 70.6 Å². The number of esters is 2. The van der Waals surface area contributed by atoms with Crippen LogP contribution in [0.5, 0.6) is 0 Å². The Balaban J connectivity index is 4.28. The minimum atomic E-state index is -1.63. The van der Waals surface area contributed by atoms with Crippen LogP contribution in [0.25, 0.3) is 0 Å². The third kappa shape index (κ3) is 52.0. The van der Waals surface area contributed by atoms with E-state index in [1.54, 1.807) is 0 Å². The highest BCUT2D eigenvalue weighted by Crippen LogP contribution is 2.14. The van der Waals surface area contributed by atoms with Crippen LogP contribution in [-0.4, -0.2) is 82.3 Å². The van der Waals surface area contributed by atoms with Gasteiger partial charge in [-0.3, -0.25) is 9.59 Å². The van der Waals surface area contributed by atoms with Gasteiger partial charge in [0.05, 0.1) is 40.3 Å². The minimum Gasteiger partial charge on any atom is -0.545 e. The average molecular weight is 978 g/mol. The van der Waals surface area contributed by atoms with Gasteiger partial charge in [-0.15, -0.1) is 0 Å². The number of rotatable bonds is 50. The van der Waals surface area contributed by atoms with Crippen molar-refractivity contribution in [3.05, 3.63) is 97.2 Å². The second-order valence-corrected chi connectivity index (χ2v) is 19.5. The highest BCUT2D eigenvalue weighted by atomic mass is 16.7. The van der Waals surface area contributed by atoms with E-state index >= 15 is 0 Å². The molecule has 2 atom stereocenters. The van der Waals surface area contributed by atoms with Crippen molar-refractivity contribution in [2.45, 2.75) is 225 Å². The summed E-state index contributed by atoms with van der Waals surface area (Å²) in [5.41, 5.74) is 0. The van der Waals surface area contributed by atoms with E-state index in [1.807, 2.05) is 21.1 Å². The lowest BCUT2D eigenvalue weighted by Crippen LogP contribution is -2.44. The van der Waals surface area contributed by atoms with Crippen LogP contribution < -0.4 is 5.11 Å². The summed E-state index contributed by atoms with van der Waals surface area (Å²) < 4.78 is 22.6. The van der Waals surface area contributed by atoms with Gasteiger partial charge in [0.2, 0.25) is 0 Å². The predicted molar refractivity (Wildman–Crippen MR) is 292 cm³/mol. The fourth-order valence-electron chi connectivity index (χ4n) is 7.27. The molecule has 0 radical (unpaired) electrons. The van der Waals surface area contributed by atoms with Crippen molar-refractivity contribution in [1.29, 1.82) is 0 Å². The first kappa shape index (κ1) is 66.2. The molecule has 2 unspecified atom stereocenters. The molecule has 0 N–H and O–H groups in total. The van der Waals surface area contributed by atoms with Gasteiger partial charge < -0.3 is 33.3 Å². The van der Waals surface area contributed by atoms with Gasteiger partial charge in [-0.25, -0.2) is 0 Å². The van der Waals surface area contributed by atoms with E-state index in [4.69, 9.17) is 18.9 Å². The number of ether oxygens (including phenoxy) is 4. The Bertz CT molecular complexity index is 1470. The molecule has 400 valence electrons. The Morgan fingerprint density at radius 3 is 1.21 bits per heavy atom. The van der Waals surface area contributed by atoms with Crippen molar-refractivity contribution in [1.82, 2.24) is 0 Å². The minimum absolute atomic E-state index is 0.140. The number of hydrogen-bond acceptors (Lipinski definition) is 8. The Morgan fingerprint density at radius 2 is 0.814 bits per heavy atom. The van der Waals surface area contributed by atoms with E-state index in [9.17, 15) is 19.5 Å². The quantitative estimate of drug-likeness (QED) is 0.0195. The topological polar surface area (TPSA) is 111 Å². The SMILES string of the molecule is CC/C=C\C/C=C\C/C=C\C/C=C\C/C=C\C/C=C\CCCCCCCCCCCCC(=O)OC(COC(=O)CCCCCCC/C=C\C/C=C\CCCCCC)COC(OCC[N+](C)(C)C)C(=O)[O-]. The molecule has 0 aromatic carbocycles. The van der Waals surface area contributed by atoms with Gasteiger partial charge in [0, 0.05) is 12.8 Å². The van der Waals surface area contributed by atoms with E-state index in [0.717, 1.165) is 109 Å². The van der Waals surface area contributed by atoms with Crippen molar-refractivity contribution in [3.63, 3.8) is 0 Å². The summed E-state index contributed by atoms with van der Waals surface area (Å²) in [6, 6.07) is 0. The summed E-state index contributed by atoms with van der Waals surface area (Å²) in [5, 5.41) is 11.8. The molecule has 0 bridgehead atoms. The molecule has 0 rings (SSSR count). The molecule has 0 aromatic heterocycles. The molecule has 0 aliphatic rings. The van der Waals surface area contributed by atoms with E-state index < -0.39 is 24.3 Å². The molecule has 0 aliphatic heterocycles. The predicted octanol–water partition coefficient (Wildman–Crippen LogP) is 14.8. The lowest BCUT2D eigenvalue weighted by Gasteiger charge is -2.26. The number of likely N-dealkylation sites (N-methyl/N-ethyl adjacent to an activating group) is 1. The number of aliphatic carboxylic acids is 1. The van der Waals surface area contributed by atoms with Crippen LogP contribution in [0, 0.1) is 0 Å². The Kier molecular flexibility index (Phi) is 48.8. The normalized spacial score (nSPS) is 13.6. The molecule has 0 saturated heterocycles. The van der Waals surface area contributed by atoms with Gasteiger partial charge in [0.1, 0.15) is 13.2 Å². The molecule has 9 nitrogen and oxygen atoms in total. The molecular weight excluding hydrogens is 875 g/mol. The van der Waals surface area contributed by atoms with Crippen LogP contribution in [0.4, 0.5) is 0 Å². The molecule has 0 aromatic rings. The first-order valence-electron chi connectivity index (χ1n) is 27.9. The number of carbonyl (C=O) groups is 3. The van der Waals surface area contributed by atoms with Crippen molar-refractivity contribution < 1.29 is 42.9 Å². The molecule has 0 fully saturated rings. The summed E-state index contributed by atoms with van der Waals surface area (Å²) in [5.74, 6) is -2.32. The van der Waals surface area contributed by atoms with Crippen LogP contribution in [-0.2, 0) is 33.3 Å². The smallest absolute Gasteiger partial charge is 0.306 e. The Morgan fingerprint density at radius 1 is 0.443 bits per heavy atom. The largest absolute Gasteiger partial charge is 0.545 e. The average Bonchev–Trinajstić information content (AvgIpc) is 3.33. The maximum absolute atomic E-state index is 12.8. The van der Waals surface area contributed by atoms with Crippen LogP contribution >= 0.6 is 0 Å². The highest BCUT2D eigenvalue weighted by molar-refractivity contribution is 5.70. The third-order valence-electron chi connectivity index (χ3n) is 11.6. The van der Waals surface area contributed by atoms with Crippen molar-refractivity contribution in [2.24, 2.45) is 0 Å². The number of carboxylic acid groups (broad SMARTS) is 1. The summed E-state index contributed by atoms with van der Waals surface area (Å²) in [4.78, 5) is 37.2. The van der Waals surface area contributed by atoms with Gasteiger partial charge >= 0.3 is 11.9 Å². The zero-order valence-electron chi connectivity index (χ0n) is 45.4. The third-order valence-corrected chi connectivity index (χ3v) is 11.6. The molecular formula is C61H103NO8. The summed E-state index contributed by atoms with van der Waals surface area (Å²) in [7, 11) is 5.91. The van der Waals surface area contributed by atoms with Crippen LogP contribution in [0.1, 0.15) is 213 Å². The van der Waals surface area contributed by atoms with Gasteiger partial charge in [0.15, 0.2) is 12.4 Å². The summed E-state index contributed by atoms with van der Waals surface area (Å²) in [6.07, 6.45) is 65.9. The van der Waals surface area contributed by atoms with Gasteiger partial charge in [-0.1, -0.05) is 201 Å². The molecule has 70 heavy (non-hydrogen) atoms. The monoisotopic (exact) mass is 978 g/mol. The van der Waals surface area contributed by atoms with Crippen molar-refractivity contribution in [2.75, 3.05) is 47.5 Å². The number of carbonyl (C=O) groups excluding carboxylic acids is 3. The molecule has 0 heterocycles. The number of quaternary nitrogens is 1. The van der Waals surface area contributed by atoms with Crippen molar-refractivity contribution >= 4 is 17.9 Å². The van der Waals surface area contributed by atoms with E-state index in [0.29, 0.717) is 17.4 Å². The van der Waals surface area contributed by atoms with Crippen LogP contribution in [0.3, 0.4) is 0 Å². The maximum atomic E-state index is 12.8. The fraction of sp³-hybridized carbons (Fsp3) is 0.689. The second kappa shape index (κ2) is 51.6. The molecule has 0 amide bonds. The van der Waals surface area contributed by atoms with Crippen molar-refractivity contribution in [3.8, 4) is 0 Å². The molecule has 0 aliphatic carbocycles. The van der Waals surface area contributed by atoms with Gasteiger partial charge in [-0.05, 0) is 96.3 Å². The van der Waals surface area contributed by atoms with Crippen LogP contribution in [0.2, 0.25) is 0 Å². The zero-order chi connectivity index (χ0) is 51.3. The van der Waals surface area contributed by atoms with Gasteiger partial charge in [0.25, 0.3) is 0 Å². The first-order valence-corrected chi connectivity index (χ1v) is 27.9. The highest BCUT2D eigenvalue weighted by Gasteiger charge is 2.22. The lowest BCUT2D eigenvalue weighted by molar-refractivity contribution is -0.870. The Hall–Kier alpha value is -3.79. The number of hydrogen-bond donors (Lipinski definition) is 0. The number of nitrogens with zero attached hydrogens (tertiary/aromatic N) is 1. The molecule has 0 spiro atoms. The molecule has 9 heteroatoms. The summed E-state index contributed by atoms with van der Waals surface area (Å²) >= 11 is 0. The Labute approximate surface area is 429 Å². The maximum Gasteiger partial charge on any atom is 0.306 e. The standard InChI is InChI=1S/C61H103NO8/c1-6-8-10-12-14-16-18-20-22-24-25-26-27-28-29-30-31-32-33-34-35-36-38-40-42-44-46-48-50-52-59(64)70-57(56-69-61(60(65)66)67-54-53-62(3,4)5)55-68-58(63)51-49-47-45-43-41-39-37-23-21-19-17-15-13-11-9-7-2/h8,10,14,16-17,19-20,22-23,25-26,28-29,31-32,37,57,61H,6-7,9,11-13,15,18,21,24,27,30,33-36,38-56H2,1-5H3/b10-8-,16-14-,19-17-,22-20-,26-25-,29-28-,32-31-,37-23-. The van der Waals surface area contributed by atoms with Gasteiger partial charge in [-0.2, -0.15) is 0 Å².